The maximum Gasteiger partial charge on any atom is 0.253 e. The Bertz CT molecular complexity index is 542. The lowest BCUT2D eigenvalue weighted by molar-refractivity contribution is 0.0827. The van der Waals surface area contributed by atoms with Crippen LogP contribution in [0.2, 0.25) is 0 Å². The molecule has 0 aliphatic carbocycles. The lowest BCUT2D eigenvalue weighted by atomic mass is 10.0. The molecule has 2 N–H and O–H groups in total. The van der Waals surface area contributed by atoms with E-state index >= 15 is 0 Å². The number of hydrogen-bond acceptors (Lipinski definition) is 2. The lowest BCUT2D eigenvalue weighted by Crippen LogP contribution is -2.43. The number of carbonyl (C=O) groups excluding carboxylic acids is 1. The molecule has 6 heteroatoms. The third kappa shape index (κ3) is 5.67. The number of halogens is 1. The van der Waals surface area contributed by atoms with Crippen molar-refractivity contribution in [2.24, 2.45) is 16.6 Å². The Labute approximate surface area is 156 Å². The Balaban J connectivity index is 0.00000264. The summed E-state index contributed by atoms with van der Waals surface area (Å²) in [7, 11) is 3.50. The topological polar surface area (TPSA) is 61.9 Å². The molecule has 1 amide bonds. The second kappa shape index (κ2) is 9.10. The van der Waals surface area contributed by atoms with Crippen LogP contribution in [0.3, 0.4) is 0 Å². The molecular weight excluding hydrogens is 403 g/mol. The number of amides is 1. The highest BCUT2D eigenvalue weighted by Gasteiger charge is 2.17. The average molecular weight is 430 g/mol. The molecule has 1 atom stereocenters. The van der Waals surface area contributed by atoms with Crippen molar-refractivity contribution in [2.45, 2.75) is 26.3 Å². The van der Waals surface area contributed by atoms with Crippen LogP contribution >= 0.6 is 24.0 Å². The van der Waals surface area contributed by atoms with E-state index in [4.69, 9.17) is 5.73 Å². The Morgan fingerprint density at radius 3 is 2.57 bits per heavy atom. The minimum Gasteiger partial charge on any atom is -0.370 e. The van der Waals surface area contributed by atoms with Gasteiger partial charge in [-0.25, -0.2) is 4.99 Å². The molecule has 0 spiro atoms. The smallest absolute Gasteiger partial charge is 0.253 e. The second-order valence-corrected chi connectivity index (χ2v) is 6.26. The first-order valence-corrected chi connectivity index (χ1v) is 7.83. The van der Waals surface area contributed by atoms with Gasteiger partial charge in [-0.15, -0.1) is 24.0 Å². The van der Waals surface area contributed by atoms with Gasteiger partial charge in [-0.2, -0.15) is 0 Å². The Morgan fingerprint density at radius 1 is 1.35 bits per heavy atom. The van der Waals surface area contributed by atoms with E-state index in [-0.39, 0.29) is 29.9 Å². The highest BCUT2D eigenvalue weighted by Crippen LogP contribution is 2.15. The summed E-state index contributed by atoms with van der Waals surface area (Å²) >= 11 is 0. The van der Waals surface area contributed by atoms with Crippen LogP contribution in [0.5, 0.6) is 0 Å². The Hall–Kier alpha value is -1.31. The molecule has 0 aromatic heterocycles. The predicted octanol–water partition coefficient (Wildman–Crippen LogP) is 2.55. The number of likely N-dealkylation sites (tertiary alicyclic amines) is 1. The third-order valence-corrected chi connectivity index (χ3v) is 4.01. The molecule has 1 aliphatic heterocycles. The summed E-state index contributed by atoms with van der Waals surface area (Å²) in [4.78, 5) is 20.1. The third-order valence-electron chi connectivity index (χ3n) is 4.01. The fourth-order valence-electron chi connectivity index (χ4n) is 2.68. The van der Waals surface area contributed by atoms with E-state index in [0.29, 0.717) is 24.0 Å². The monoisotopic (exact) mass is 430 g/mol. The van der Waals surface area contributed by atoms with E-state index in [1.54, 1.807) is 19.0 Å². The van der Waals surface area contributed by atoms with Crippen molar-refractivity contribution in [3.8, 4) is 0 Å². The number of piperidine rings is 1. The molecule has 0 saturated carbocycles. The first-order chi connectivity index (χ1) is 10.5. The normalized spacial score (nSPS) is 18.3. The molecule has 1 aliphatic rings. The Morgan fingerprint density at radius 2 is 2.00 bits per heavy atom. The number of carbonyl (C=O) groups is 1. The van der Waals surface area contributed by atoms with Crippen molar-refractivity contribution in [3.05, 3.63) is 35.4 Å². The number of benzene rings is 1. The standard InChI is InChI=1S/C17H26N4O.HI/c1-13-5-4-10-21(12-13)17(18)19-11-14-6-8-15(9-7-14)16(22)20(2)3;/h6-9,13H,4-5,10-12H2,1-3H3,(H2,18,19);1H. The zero-order valence-electron chi connectivity index (χ0n) is 14.2. The predicted molar refractivity (Wildman–Crippen MR) is 105 cm³/mol. The van der Waals surface area contributed by atoms with Crippen LogP contribution in [0.4, 0.5) is 0 Å². The Kier molecular flexibility index (Phi) is 7.81. The second-order valence-electron chi connectivity index (χ2n) is 6.26. The molecule has 1 aromatic carbocycles. The van der Waals surface area contributed by atoms with E-state index in [9.17, 15) is 4.79 Å². The molecule has 23 heavy (non-hydrogen) atoms. The van der Waals surface area contributed by atoms with Crippen LogP contribution in [0, 0.1) is 5.92 Å². The molecule has 1 unspecified atom stereocenters. The van der Waals surface area contributed by atoms with Gasteiger partial charge >= 0.3 is 0 Å². The van der Waals surface area contributed by atoms with Gasteiger partial charge in [0.2, 0.25) is 0 Å². The van der Waals surface area contributed by atoms with E-state index in [1.807, 2.05) is 24.3 Å². The summed E-state index contributed by atoms with van der Waals surface area (Å²) in [5, 5.41) is 0. The molecule has 2 rings (SSSR count). The van der Waals surface area contributed by atoms with Gasteiger partial charge in [-0.1, -0.05) is 19.1 Å². The fourth-order valence-corrected chi connectivity index (χ4v) is 2.68. The number of nitrogens with two attached hydrogens (primary N) is 1. The summed E-state index contributed by atoms with van der Waals surface area (Å²) in [5.74, 6) is 1.32. The molecular formula is C17H27IN4O. The van der Waals surface area contributed by atoms with Gasteiger partial charge in [0.1, 0.15) is 0 Å². The molecule has 0 radical (unpaired) electrons. The van der Waals surface area contributed by atoms with Gasteiger partial charge in [-0.05, 0) is 36.5 Å². The van der Waals surface area contributed by atoms with E-state index in [0.717, 1.165) is 18.7 Å². The van der Waals surface area contributed by atoms with Gasteiger partial charge < -0.3 is 15.5 Å². The average Bonchev–Trinajstić information content (AvgIpc) is 2.52. The van der Waals surface area contributed by atoms with Crippen molar-refractivity contribution in [2.75, 3.05) is 27.2 Å². The number of hydrogen-bond donors (Lipinski definition) is 1. The van der Waals surface area contributed by atoms with Crippen LogP contribution < -0.4 is 5.73 Å². The summed E-state index contributed by atoms with van der Waals surface area (Å²) in [6.07, 6.45) is 2.45. The van der Waals surface area contributed by atoms with Gasteiger partial charge in [-0.3, -0.25) is 4.79 Å². The summed E-state index contributed by atoms with van der Waals surface area (Å²) in [6.45, 7) is 4.79. The van der Waals surface area contributed by atoms with Crippen molar-refractivity contribution in [1.29, 1.82) is 0 Å². The number of aliphatic imine (C=N–C) groups is 1. The van der Waals surface area contributed by atoms with Crippen molar-refractivity contribution >= 4 is 35.8 Å². The maximum absolute atomic E-state index is 11.8. The highest BCUT2D eigenvalue weighted by molar-refractivity contribution is 14.0. The SMILES string of the molecule is CC1CCCN(C(N)=NCc2ccc(C(=O)N(C)C)cc2)C1.I. The largest absolute Gasteiger partial charge is 0.370 e. The number of rotatable bonds is 3. The molecule has 1 saturated heterocycles. The number of guanidine groups is 1. The first-order valence-electron chi connectivity index (χ1n) is 7.83. The molecule has 1 fully saturated rings. The fraction of sp³-hybridized carbons (Fsp3) is 0.529. The van der Waals surface area contributed by atoms with Gasteiger partial charge in [0, 0.05) is 32.7 Å². The van der Waals surface area contributed by atoms with Gasteiger partial charge in [0.15, 0.2) is 5.96 Å². The summed E-state index contributed by atoms with van der Waals surface area (Å²) in [5.41, 5.74) is 7.84. The zero-order valence-corrected chi connectivity index (χ0v) is 16.5. The first kappa shape index (κ1) is 19.7. The minimum absolute atomic E-state index is 0. The molecule has 128 valence electrons. The zero-order chi connectivity index (χ0) is 16.1. The van der Waals surface area contributed by atoms with Crippen molar-refractivity contribution in [3.63, 3.8) is 0 Å². The van der Waals surface area contributed by atoms with Crippen LogP contribution in [-0.4, -0.2) is 48.9 Å². The lowest BCUT2D eigenvalue weighted by Gasteiger charge is -2.31. The van der Waals surface area contributed by atoms with Crippen molar-refractivity contribution < 1.29 is 4.79 Å². The van der Waals surface area contributed by atoms with Crippen LogP contribution in [0.1, 0.15) is 35.7 Å². The number of nitrogens with zero attached hydrogens (tertiary/aromatic N) is 3. The molecule has 5 nitrogen and oxygen atoms in total. The van der Waals surface area contributed by atoms with E-state index in [1.165, 1.54) is 12.8 Å². The van der Waals surface area contributed by atoms with E-state index < -0.39 is 0 Å². The van der Waals surface area contributed by atoms with Gasteiger partial charge in [0.05, 0.1) is 6.54 Å². The van der Waals surface area contributed by atoms with Crippen LogP contribution in [0.25, 0.3) is 0 Å². The van der Waals surface area contributed by atoms with E-state index in [2.05, 4.69) is 16.8 Å². The summed E-state index contributed by atoms with van der Waals surface area (Å²) < 4.78 is 0. The van der Waals surface area contributed by atoms with Crippen molar-refractivity contribution in [1.82, 2.24) is 9.80 Å². The van der Waals surface area contributed by atoms with Crippen LogP contribution in [-0.2, 0) is 6.54 Å². The minimum atomic E-state index is 0. The molecule has 1 heterocycles. The quantitative estimate of drug-likeness (QED) is 0.456. The molecule has 0 bridgehead atoms. The summed E-state index contributed by atoms with van der Waals surface area (Å²) in [6, 6.07) is 7.55. The molecule has 1 aromatic rings. The van der Waals surface area contributed by atoms with Gasteiger partial charge in [0.25, 0.3) is 5.91 Å². The highest BCUT2D eigenvalue weighted by atomic mass is 127. The maximum atomic E-state index is 11.8. The van der Waals surface area contributed by atoms with Crippen LogP contribution in [0.15, 0.2) is 29.3 Å².